The summed E-state index contributed by atoms with van der Waals surface area (Å²) in [6.45, 7) is 0. The van der Waals surface area contributed by atoms with Gasteiger partial charge in [-0.15, -0.1) is 0 Å². The van der Waals surface area contributed by atoms with Crippen molar-refractivity contribution in [1.29, 1.82) is 0 Å². The molecule has 0 fully saturated rings. The van der Waals surface area contributed by atoms with E-state index in [2.05, 4.69) is 0 Å². The molecule has 0 radical (unpaired) electrons. The highest BCUT2D eigenvalue weighted by Crippen LogP contribution is 2.37. The summed E-state index contributed by atoms with van der Waals surface area (Å²) in [5.41, 5.74) is 4.67. The number of nitro groups is 2. The summed E-state index contributed by atoms with van der Waals surface area (Å²) in [6, 6.07) is 7.14. The Morgan fingerprint density at radius 2 is 1.71 bits per heavy atom. The number of nitrogen functional groups attached to an aromatic ring is 1. The van der Waals surface area contributed by atoms with E-state index in [0.717, 1.165) is 0 Å². The SMILES string of the molecule is Nc1ccc2cccc([N+](=O)[O-])c2c1[N+](=O)[O-]. The number of benzene rings is 2. The Labute approximate surface area is 94.8 Å². The van der Waals surface area contributed by atoms with Gasteiger partial charge in [0, 0.05) is 6.07 Å². The van der Waals surface area contributed by atoms with E-state index in [-0.39, 0.29) is 16.8 Å². The fourth-order valence-corrected chi connectivity index (χ4v) is 1.71. The summed E-state index contributed by atoms with van der Waals surface area (Å²) >= 11 is 0. The summed E-state index contributed by atoms with van der Waals surface area (Å²) in [7, 11) is 0. The van der Waals surface area contributed by atoms with E-state index >= 15 is 0 Å². The van der Waals surface area contributed by atoms with Crippen LogP contribution in [0.1, 0.15) is 0 Å². The number of hydrogen-bond donors (Lipinski definition) is 1. The molecule has 0 bridgehead atoms. The number of rotatable bonds is 2. The molecule has 2 aromatic rings. The molecule has 0 saturated carbocycles. The normalized spacial score (nSPS) is 10.4. The summed E-state index contributed by atoms with van der Waals surface area (Å²) in [5.74, 6) is 0. The van der Waals surface area contributed by atoms with Crippen LogP contribution in [0.4, 0.5) is 17.1 Å². The van der Waals surface area contributed by atoms with Crippen LogP contribution in [0.2, 0.25) is 0 Å². The maximum Gasteiger partial charge on any atom is 0.306 e. The maximum atomic E-state index is 10.9. The third kappa shape index (κ3) is 1.63. The van der Waals surface area contributed by atoms with Crippen molar-refractivity contribution in [3.63, 3.8) is 0 Å². The fourth-order valence-electron chi connectivity index (χ4n) is 1.71. The monoisotopic (exact) mass is 233 g/mol. The molecule has 86 valence electrons. The second-order valence-electron chi connectivity index (χ2n) is 3.39. The molecule has 0 saturated heterocycles. The summed E-state index contributed by atoms with van der Waals surface area (Å²) in [4.78, 5) is 20.4. The van der Waals surface area contributed by atoms with E-state index in [0.29, 0.717) is 5.39 Å². The van der Waals surface area contributed by atoms with Crippen molar-refractivity contribution in [3.8, 4) is 0 Å². The lowest BCUT2D eigenvalue weighted by molar-refractivity contribution is -0.389. The average Bonchev–Trinajstić information content (AvgIpc) is 2.27. The maximum absolute atomic E-state index is 10.9. The van der Waals surface area contributed by atoms with Crippen LogP contribution < -0.4 is 5.73 Å². The highest BCUT2D eigenvalue weighted by Gasteiger charge is 2.24. The molecular formula is C10H7N3O4. The van der Waals surface area contributed by atoms with E-state index < -0.39 is 15.5 Å². The molecule has 0 atom stereocenters. The number of nitro benzene ring substituents is 2. The van der Waals surface area contributed by atoms with E-state index in [4.69, 9.17) is 5.73 Å². The zero-order valence-electron chi connectivity index (χ0n) is 8.49. The number of non-ortho nitro benzene ring substituents is 1. The van der Waals surface area contributed by atoms with Crippen LogP contribution in [0.5, 0.6) is 0 Å². The first kappa shape index (κ1) is 10.8. The molecule has 2 rings (SSSR count). The van der Waals surface area contributed by atoms with Crippen molar-refractivity contribution in [3.05, 3.63) is 50.6 Å². The Morgan fingerprint density at radius 3 is 2.29 bits per heavy atom. The van der Waals surface area contributed by atoms with Gasteiger partial charge in [-0.1, -0.05) is 18.2 Å². The van der Waals surface area contributed by atoms with Crippen LogP contribution >= 0.6 is 0 Å². The summed E-state index contributed by atoms with van der Waals surface area (Å²) in [6.07, 6.45) is 0. The van der Waals surface area contributed by atoms with Crippen LogP contribution in [-0.2, 0) is 0 Å². The number of anilines is 1. The quantitative estimate of drug-likeness (QED) is 0.485. The number of nitrogens with two attached hydrogens (primary N) is 1. The fraction of sp³-hybridized carbons (Fsp3) is 0. The lowest BCUT2D eigenvalue weighted by Gasteiger charge is -2.03. The molecular weight excluding hydrogens is 226 g/mol. The first-order valence-electron chi connectivity index (χ1n) is 4.62. The number of nitrogens with zero attached hydrogens (tertiary/aromatic N) is 2. The van der Waals surface area contributed by atoms with Gasteiger partial charge in [0.1, 0.15) is 11.1 Å². The van der Waals surface area contributed by atoms with Crippen LogP contribution in [-0.4, -0.2) is 9.85 Å². The van der Waals surface area contributed by atoms with Crippen molar-refractivity contribution in [1.82, 2.24) is 0 Å². The molecule has 0 heterocycles. The van der Waals surface area contributed by atoms with Crippen LogP contribution in [0, 0.1) is 20.2 Å². The molecule has 0 amide bonds. The topological polar surface area (TPSA) is 112 Å². The molecule has 7 nitrogen and oxygen atoms in total. The van der Waals surface area contributed by atoms with Crippen LogP contribution in [0.25, 0.3) is 10.8 Å². The molecule has 0 aliphatic heterocycles. The molecule has 0 aliphatic carbocycles. The van der Waals surface area contributed by atoms with Crippen molar-refractivity contribution in [2.75, 3.05) is 5.73 Å². The van der Waals surface area contributed by atoms with Crippen molar-refractivity contribution in [2.24, 2.45) is 0 Å². The molecule has 0 spiro atoms. The van der Waals surface area contributed by atoms with Crippen molar-refractivity contribution >= 4 is 27.8 Å². The highest BCUT2D eigenvalue weighted by atomic mass is 16.6. The lowest BCUT2D eigenvalue weighted by atomic mass is 10.1. The predicted octanol–water partition coefficient (Wildman–Crippen LogP) is 2.24. The van der Waals surface area contributed by atoms with Gasteiger partial charge in [-0.05, 0) is 11.5 Å². The van der Waals surface area contributed by atoms with E-state index in [1.165, 1.54) is 24.3 Å². The molecule has 0 aromatic heterocycles. The van der Waals surface area contributed by atoms with Gasteiger partial charge in [-0.25, -0.2) is 0 Å². The van der Waals surface area contributed by atoms with Gasteiger partial charge in [0.15, 0.2) is 0 Å². The van der Waals surface area contributed by atoms with Gasteiger partial charge in [0.25, 0.3) is 5.69 Å². The predicted molar refractivity (Wildman–Crippen MR) is 61.7 cm³/mol. The molecule has 2 aromatic carbocycles. The Hall–Kier alpha value is -2.70. The summed E-state index contributed by atoms with van der Waals surface area (Å²) in [5, 5.41) is 22.1. The summed E-state index contributed by atoms with van der Waals surface area (Å²) < 4.78 is 0. The second-order valence-corrected chi connectivity index (χ2v) is 3.39. The van der Waals surface area contributed by atoms with Gasteiger partial charge >= 0.3 is 5.69 Å². The first-order valence-corrected chi connectivity index (χ1v) is 4.62. The van der Waals surface area contributed by atoms with Crippen molar-refractivity contribution in [2.45, 2.75) is 0 Å². The van der Waals surface area contributed by atoms with Gasteiger partial charge in [0.2, 0.25) is 0 Å². The Kier molecular flexibility index (Phi) is 2.36. The van der Waals surface area contributed by atoms with E-state index in [9.17, 15) is 20.2 Å². The van der Waals surface area contributed by atoms with Crippen LogP contribution in [0.3, 0.4) is 0 Å². The Bertz CT molecular complexity index is 639. The zero-order valence-corrected chi connectivity index (χ0v) is 8.49. The Morgan fingerprint density at radius 1 is 1.00 bits per heavy atom. The van der Waals surface area contributed by atoms with Crippen LogP contribution in [0.15, 0.2) is 30.3 Å². The minimum Gasteiger partial charge on any atom is -0.393 e. The molecule has 2 N–H and O–H groups in total. The van der Waals surface area contributed by atoms with E-state index in [1.54, 1.807) is 6.07 Å². The van der Waals surface area contributed by atoms with Gasteiger partial charge in [-0.2, -0.15) is 0 Å². The zero-order chi connectivity index (χ0) is 12.6. The largest absolute Gasteiger partial charge is 0.393 e. The van der Waals surface area contributed by atoms with E-state index in [1.807, 2.05) is 0 Å². The number of hydrogen-bond acceptors (Lipinski definition) is 5. The number of fused-ring (bicyclic) bond motifs is 1. The second kappa shape index (κ2) is 3.71. The smallest absolute Gasteiger partial charge is 0.306 e. The third-order valence-electron chi connectivity index (χ3n) is 2.41. The molecule has 0 aliphatic rings. The molecule has 17 heavy (non-hydrogen) atoms. The van der Waals surface area contributed by atoms with Gasteiger partial charge in [0.05, 0.1) is 9.85 Å². The Balaban J connectivity index is 2.99. The lowest BCUT2D eigenvalue weighted by Crippen LogP contribution is -1.99. The average molecular weight is 233 g/mol. The minimum atomic E-state index is -0.704. The van der Waals surface area contributed by atoms with Gasteiger partial charge < -0.3 is 5.73 Å². The highest BCUT2D eigenvalue weighted by molar-refractivity contribution is 6.02. The first-order chi connectivity index (χ1) is 8.02. The molecule has 7 heteroatoms. The third-order valence-corrected chi connectivity index (χ3v) is 2.41. The van der Waals surface area contributed by atoms with Gasteiger partial charge in [-0.3, -0.25) is 20.2 Å². The molecule has 0 unspecified atom stereocenters. The standard InChI is InChI=1S/C10H7N3O4/c11-7-5-4-6-2-1-3-8(12(14)15)9(6)10(7)13(16)17/h1-5H,11H2. The minimum absolute atomic E-state index is 0.0394. The van der Waals surface area contributed by atoms with Crippen molar-refractivity contribution < 1.29 is 9.85 Å².